The number of furan rings is 1. The van der Waals surface area contributed by atoms with E-state index in [9.17, 15) is 9.90 Å². The molecule has 0 aliphatic carbocycles. The van der Waals surface area contributed by atoms with E-state index in [1.54, 1.807) is 29.0 Å². The SMILES string of the molecule is CCC(C)(CC)C(=O)/C=C(\O)C(C)(CC)CC.Cc1coc2ccc3sc(/N=C\N=Cc4[c-]c5ccsc5c(C(C)(C)C)c4)cc3c12.[Ir]. The number of aryl methyl sites for hydroxylation is 1. The van der Waals surface area contributed by atoms with Crippen molar-refractivity contribution in [3.63, 3.8) is 0 Å². The molecule has 0 saturated heterocycles. The Morgan fingerprint density at radius 1 is 0.979 bits per heavy atom. The van der Waals surface area contributed by atoms with E-state index < -0.39 is 0 Å². The van der Waals surface area contributed by atoms with E-state index in [1.165, 1.54) is 31.8 Å². The van der Waals surface area contributed by atoms with Crippen molar-refractivity contribution in [2.24, 2.45) is 20.8 Å². The Bertz CT molecular complexity index is 1940. The van der Waals surface area contributed by atoms with Gasteiger partial charge in [-0.15, -0.1) is 40.5 Å². The Morgan fingerprint density at radius 2 is 1.65 bits per heavy atom. The average molecular weight is 862 g/mol. The Hall–Kier alpha value is -2.90. The molecule has 3 heterocycles. The number of allylic oxidation sites excluding steroid dienone is 2. The molecule has 0 bridgehead atoms. The first-order chi connectivity index (χ1) is 22.2. The second-order valence-electron chi connectivity index (χ2n) is 13.9. The third kappa shape index (κ3) is 8.63. The molecule has 2 aromatic carbocycles. The summed E-state index contributed by atoms with van der Waals surface area (Å²) in [7, 11) is 0. The zero-order valence-electron chi connectivity index (χ0n) is 29.9. The maximum atomic E-state index is 12.2. The monoisotopic (exact) mass is 862 g/mol. The van der Waals surface area contributed by atoms with Crippen molar-refractivity contribution in [1.82, 2.24) is 0 Å². The summed E-state index contributed by atoms with van der Waals surface area (Å²) in [5.74, 6) is 0.286. The molecule has 0 amide bonds. The molecule has 1 N–H and O–H groups in total. The average Bonchev–Trinajstić information content (AvgIpc) is 3.79. The summed E-state index contributed by atoms with van der Waals surface area (Å²) in [5, 5.41) is 16.7. The Balaban J connectivity index is 0.000000301. The number of aliphatic imine (C=N–C) groups is 2. The van der Waals surface area contributed by atoms with Crippen LogP contribution in [0.3, 0.4) is 0 Å². The van der Waals surface area contributed by atoms with Gasteiger partial charge in [0.2, 0.25) is 0 Å². The second-order valence-corrected chi connectivity index (χ2v) is 15.8. The fraction of sp³-hybridized carbons (Fsp3) is 0.425. The van der Waals surface area contributed by atoms with Gasteiger partial charge in [0.05, 0.1) is 6.26 Å². The van der Waals surface area contributed by atoms with E-state index in [2.05, 4.69) is 73.4 Å². The van der Waals surface area contributed by atoms with Crippen molar-refractivity contribution in [3.8, 4) is 0 Å². The van der Waals surface area contributed by atoms with Crippen LogP contribution >= 0.6 is 22.7 Å². The van der Waals surface area contributed by atoms with E-state index in [-0.39, 0.29) is 47.9 Å². The minimum atomic E-state index is -0.337. The number of nitrogens with zero attached hydrogens (tertiary/aromatic N) is 2. The van der Waals surface area contributed by atoms with Crippen LogP contribution < -0.4 is 0 Å². The molecule has 5 aromatic rings. The smallest absolute Gasteiger partial charge is 0.164 e. The molecule has 259 valence electrons. The number of benzene rings is 2. The molecule has 5 nitrogen and oxygen atoms in total. The summed E-state index contributed by atoms with van der Waals surface area (Å²) in [6.45, 7) is 20.9. The van der Waals surface area contributed by atoms with Crippen LogP contribution in [0.1, 0.15) is 105 Å². The molecule has 0 unspecified atom stereocenters. The van der Waals surface area contributed by atoms with Gasteiger partial charge in [0.15, 0.2) is 5.78 Å². The van der Waals surface area contributed by atoms with Crippen LogP contribution in [-0.4, -0.2) is 23.4 Å². The molecule has 0 fully saturated rings. The van der Waals surface area contributed by atoms with Gasteiger partial charge >= 0.3 is 0 Å². The van der Waals surface area contributed by atoms with Gasteiger partial charge in [-0.25, -0.2) is 4.99 Å². The molecule has 5 rings (SSSR count). The van der Waals surface area contributed by atoms with E-state index in [0.29, 0.717) is 0 Å². The molecular formula is C40H49IrN2O3S2-. The van der Waals surface area contributed by atoms with Crippen LogP contribution in [0.15, 0.2) is 68.2 Å². The predicted octanol–water partition coefficient (Wildman–Crippen LogP) is 12.7. The second kappa shape index (κ2) is 16.2. The first-order valence-corrected chi connectivity index (χ1v) is 18.2. The minimum absolute atomic E-state index is 0. The van der Waals surface area contributed by atoms with E-state index >= 15 is 0 Å². The number of carbonyl (C=O) groups is 1. The fourth-order valence-electron chi connectivity index (χ4n) is 5.40. The van der Waals surface area contributed by atoms with E-state index in [0.717, 1.165) is 52.8 Å². The third-order valence-corrected chi connectivity index (χ3v) is 11.7. The summed E-state index contributed by atoms with van der Waals surface area (Å²) < 4.78 is 8.12. The van der Waals surface area contributed by atoms with Crippen LogP contribution in [0.25, 0.3) is 31.1 Å². The van der Waals surface area contributed by atoms with Crippen molar-refractivity contribution in [2.45, 2.75) is 100 Å². The number of rotatable bonds is 10. The molecule has 1 radical (unpaired) electrons. The van der Waals surface area contributed by atoms with Crippen LogP contribution in [0.2, 0.25) is 0 Å². The Kier molecular flexibility index (Phi) is 13.3. The number of carbonyl (C=O) groups excluding carboxylic acids is 1. The first-order valence-electron chi connectivity index (χ1n) is 16.5. The maximum Gasteiger partial charge on any atom is 0.164 e. The van der Waals surface area contributed by atoms with Crippen LogP contribution in [0.4, 0.5) is 5.00 Å². The molecule has 0 aliphatic rings. The van der Waals surface area contributed by atoms with Crippen molar-refractivity contribution < 1.29 is 34.4 Å². The van der Waals surface area contributed by atoms with Gasteiger partial charge in [0, 0.05) is 52.5 Å². The van der Waals surface area contributed by atoms with Crippen molar-refractivity contribution in [2.75, 3.05) is 0 Å². The maximum absolute atomic E-state index is 12.2. The Labute approximate surface area is 307 Å². The molecule has 0 aliphatic heterocycles. The number of aliphatic hydroxyl groups excluding tert-OH is 1. The standard InChI is InChI=1S/C25H21N2OS2.C15H28O2.Ir/c1-15-13-28-20-5-6-21-18(23(15)20)11-22(30-21)27-14-26-12-16-9-17-7-8-29-24(17)19(10-16)25(2,3)4;1-7-14(5,8-2)12(16)11-13(17)15(6,9-3)10-4;/h5-8,10-14H,1-4H3;11,16H,7-10H2,1-6H3;/q-1;;/b26-12?,27-14-;12-11-;. The predicted molar refractivity (Wildman–Crippen MR) is 205 cm³/mol. The van der Waals surface area contributed by atoms with Gasteiger partial charge in [0.1, 0.15) is 22.7 Å². The summed E-state index contributed by atoms with van der Waals surface area (Å²) >= 11 is 3.43. The van der Waals surface area contributed by atoms with Gasteiger partial charge in [-0.1, -0.05) is 67.9 Å². The molecule has 3 aromatic heterocycles. The molecule has 48 heavy (non-hydrogen) atoms. The summed E-state index contributed by atoms with van der Waals surface area (Å²) in [6.07, 6.45) is 10.0. The molecule has 0 atom stereocenters. The number of thiophene rings is 2. The number of aliphatic hydroxyl groups is 1. The van der Waals surface area contributed by atoms with Gasteiger partial charge in [0.25, 0.3) is 0 Å². The quantitative estimate of drug-likeness (QED) is 0.0500. The molecule has 8 heteroatoms. The van der Waals surface area contributed by atoms with E-state index in [1.807, 2.05) is 60.1 Å². The molecular weight excluding hydrogens is 813 g/mol. The van der Waals surface area contributed by atoms with Crippen LogP contribution in [0.5, 0.6) is 0 Å². The Morgan fingerprint density at radius 3 is 2.27 bits per heavy atom. The zero-order valence-corrected chi connectivity index (χ0v) is 33.9. The molecule has 0 spiro atoms. The first kappa shape index (κ1) is 39.5. The summed E-state index contributed by atoms with van der Waals surface area (Å²) in [6, 6.07) is 14.0. The van der Waals surface area contributed by atoms with Gasteiger partial charge < -0.3 is 9.52 Å². The third-order valence-electron chi connectivity index (χ3n) is 9.77. The van der Waals surface area contributed by atoms with Gasteiger partial charge in [-0.2, -0.15) is 11.3 Å². The summed E-state index contributed by atoms with van der Waals surface area (Å²) in [5.41, 5.74) is 3.84. The topological polar surface area (TPSA) is 75.2 Å². The number of ketones is 1. The normalized spacial score (nSPS) is 13.1. The fourth-order valence-corrected chi connectivity index (χ4v) is 7.39. The van der Waals surface area contributed by atoms with Crippen molar-refractivity contribution in [3.05, 3.63) is 76.6 Å². The largest absolute Gasteiger partial charge is 0.512 e. The number of hydrogen-bond acceptors (Lipinski definition) is 6. The zero-order chi connectivity index (χ0) is 34.6. The van der Waals surface area contributed by atoms with Crippen LogP contribution in [0, 0.1) is 23.8 Å². The van der Waals surface area contributed by atoms with Gasteiger partial charge in [-0.3, -0.25) is 9.79 Å². The van der Waals surface area contributed by atoms with Crippen molar-refractivity contribution >= 4 is 77.2 Å². The van der Waals surface area contributed by atoms with E-state index in [4.69, 9.17) is 4.42 Å². The van der Waals surface area contributed by atoms with Crippen molar-refractivity contribution in [1.29, 1.82) is 0 Å². The minimum Gasteiger partial charge on any atom is -0.512 e. The number of hydrogen-bond donors (Lipinski definition) is 1. The number of fused-ring (bicyclic) bond motifs is 4. The van der Waals surface area contributed by atoms with Gasteiger partial charge in [-0.05, 0) is 78.1 Å². The van der Waals surface area contributed by atoms with Crippen LogP contribution in [-0.2, 0) is 30.3 Å². The molecule has 0 saturated carbocycles. The summed E-state index contributed by atoms with van der Waals surface area (Å²) in [4.78, 5) is 21.2.